The number of aromatic nitrogens is 4. The van der Waals surface area contributed by atoms with Crippen LogP contribution < -0.4 is 21.9 Å². The van der Waals surface area contributed by atoms with Crippen molar-refractivity contribution in [1.82, 2.24) is 31.0 Å². The van der Waals surface area contributed by atoms with Crippen LogP contribution in [0.5, 0.6) is 0 Å². The summed E-state index contributed by atoms with van der Waals surface area (Å²) >= 11 is 6.02. The molecule has 148 valence electrons. The molecule has 0 aromatic carbocycles. The number of nitrogens with zero attached hydrogens (tertiary/aromatic N) is 4. The summed E-state index contributed by atoms with van der Waals surface area (Å²) in [5, 5.41) is 12.4. The van der Waals surface area contributed by atoms with E-state index < -0.39 is 0 Å². The van der Waals surface area contributed by atoms with Gasteiger partial charge in [-0.3, -0.25) is 20.4 Å². The van der Waals surface area contributed by atoms with Crippen molar-refractivity contribution < 1.29 is 9.59 Å². The predicted molar refractivity (Wildman–Crippen MR) is 107 cm³/mol. The molecule has 0 aliphatic heterocycles. The number of carbonyl (C=O) groups is 2. The van der Waals surface area contributed by atoms with Crippen molar-refractivity contribution in [3.8, 4) is 0 Å². The van der Waals surface area contributed by atoms with Crippen molar-refractivity contribution in [3.63, 3.8) is 0 Å². The molecule has 0 bridgehead atoms. The summed E-state index contributed by atoms with van der Waals surface area (Å²) in [6.45, 7) is 0. The lowest BCUT2D eigenvalue weighted by Gasteiger charge is -2.10. The quantitative estimate of drug-likeness (QED) is 0.390. The van der Waals surface area contributed by atoms with Gasteiger partial charge in [-0.25, -0.2) is 9.97 Å². The first-order valence-electron chi connectivity index (χ1n) is 8.72. The molecule has 1 saturated carbocycles. The van der Waals surface area contributed by atoms with Crippen LogP contribution in [0.1, 0.15) is 42.3 Å². The fourth-order valence-corrected chi connectivity index (χ4v) is 4.09. The molecule has 2 aromatic rings. The summed E-state index contributed by atoms with van der Waals surface area (Å²) in [5.41, 5.74) is 10.8. The lowest BCUT2D eigenvalue weighted by atomic mass is 10.0. The van der Waals surface area contributed by atoms with Crippen molar-refractivity contribution in [3.05, 3.63) is 29.3 Å². The van der Waals surface area contributed by atoms with Gasteiger partial charge in [-0.15, -0.1) is 10.2 Å². The lowest BCUT2D eigenvalue weighted by molar-refractivity contribution is -0.122. The molecule has 2 atom stereocenters. The molecule has 3 rings (SSSR count). The monoisotopic (exact) mass is 420 g/mol. The largest absolute Gasteiger partial charge is 0.375 e. The Morgan fingerprint density at radius 3 is 2.86 bits per heavy atom. The van der Waals surface area contributed by atoms with E-state index in [-0.39, 0.29) is 35.2 Å². The molecule has 1 aliphatic rings. The van der Waals surface area contributed by atoms with Crippen molar-refractivity contribution >= 4 is 45.6 Å². The first-order chi connectivity index (χ1) is 13.5. The normalized spacial score (nSPS) is 18.4. The molecule has 10 nitrogen and oxygen atoms in total. The van der Waals surface area contributed by atoms with Gasteiger partial charge in [0.05, 0.1) is 12.1 Å². The first kappa shape index (κ1) is 20.0. The number of anilines is 1. The van der Waals surface area contributed by atoms with E-state index in [0.717, 1.165) is 24.3 Å². The third kappa shape index (κ3) is 5.89. The molecule has 0 spiro atoms. The van der Waals surface area contributed by atoms with Gasteiger partial charge in [0.15, 0.2) is 5.11 Å². The number of rotatable bonds is 6. The molecular weight excluding hydrogens is 400 g/mol. The minimum atomic E-state index is -0.201. The van der Waals surface area contributed by atoms with E-state index in [2.05, 4.69) is 48.6 Å². The van der Waals surface area contributed by atoms with Gasteiger partial charge in [0.25, 0.3) is 0 Å². The fourth-order valence-electron chi connectivity index (χ4n) is 3.13. The maximum Gasteiger partial charge on any atom is 0.238 e. The van der Waals surface area contributed by atoms with Gasteiger partial charge < -0.3 is 11.1 Å². The average molecular weight is 421 g/mol. The Morgan fingerprint density at radius 2 is 2.11 bits per heavy atom. The number of nitrogens with one attached hydrogen (secondary N) is 3. The van der Waals surface area contributed by atoms with Gasteiger partial charge in [0.2, 0.25) is 16.9 Å². The van der Waals surface area contributed by atoms with Gasteiger partial charge in [-0.05, 0) is 43.5 Å². The Labute approximate surface area is 170 Å². The number of thiocarbonyl (C=S) groups is 1. The molecule has 2 amide bonds. The van der Waals surface area contributed by atoms with Crippen molar-refractivity contribution in [2.24, 2.45) is 11.7 Å². The smallest absolute Gasteiger partial charge is 0.238 e. The SMILES string of the molecule is NC(=S)NNC(=O)C[C@@H]1CC[C@H](c2nnc(NC(=O)Cc3ccncn3)s2)C1. The Bertz CT molecular complexity index is 844. The van der Waals surface area contributed by atoms with E-state index in [4.69, 9.17) is 5.73 Å². The van der Waals surface area contributed by atoms with Crippen LogP contribution in [0.15, 0.2) is 18.6 Å². The minimum Gasteiger partial charge on any atom is -0.375 e. The lowest BCUT2D eigenvalue weighted by Crippen LogP contribution is -2.44. The highest BCUT2D eigenvalue weighted by molar-refractivity contribution is 7.80. The summed E-state index contributed by atoms with van der Waals surface area (Å²) in [6.07, 6.45) is 6.26. The standard InChI is InChI=1S/C16H20N8O2S2/c17-15(27)23-21-13(26)6-9-1-2-10(5-9)14-22-24-16(28-14)20-12(25)7-11-3-4-18-8-19-11/h3-4,8-10H,1-2,5-7H2,(H,21,26)(H3,17,23,27)(H,20,24,25)/t9-,10+/m1/s1. The molecule has 28 heavy (non-hydrogen) atoms. The fraction of sp³-hybridized carbons (Fsp3) is 0.438. The highest BCUT2D eigenvalue weighted by Crippen LogP contribution is 2.41. The topological polar surface area (TPSA) is 148 Å². The van der Waals surface area contributed by atoms with Crippen LogP contribution in [0.4, 0.5) is 5.13 Å². The number of hydrogen-bond acceptors (Lipinski definition) is 8. The van der Waals surface area contributed by atoms with Crippen LogP contribution in [-0.4, -0.2) is 37.1 Å². The second-order valence-electron chi connectivity index (χ2n) is 6.49. The van der Waals surface area contributed by atoms with E-state index in [1.807, 2.05) is 0 Å². The van der Waals surface area contributed by atoms with Crippen LogP contribution >= 0.6 is 23.6 Å². The predicted octanol–water partition coefficient (Wildman–Crippen LogP) is 0.647. The van der Waals surface area contributed by atoms with Gasteiger partial charge >= 0.3 is 0 Å². The highest BCUT2D eigenvalue weighted by atomic mass is 32.1. The van der Waals surface area contributed by atoms with Crippen LogP contribution in [0, 0.1) is 5.92 Å². The molecule has 2 aromatic heterocycles. The number of nitrogens with two attached hydrogens (primary N) is 1. The number of hydrogen-bond donors (Lipinski definition) is 4. The summed E-state index contributed by atoms with van der Waals surface area (Å²) < 4.78 is 0. The van der Waals surface area contributed by atoms with Crippen LogP contribution in [0.3, 0.4) is 0 Å². The van der Waals surface area contributed by atoms with Gasteiger partial charge in [-0.1, -0.05) is 11.3 Å². The summed E-state index contributed by atoms with van der Waals surface area (Å²) in [7, 11) is 0. The van der Waals surface area contributed by atoms with E-state index in [1.54, 1.807) is 12.3 Å². The second-order valence-corrected chi connectivity index (χ2v) is 7.94. The molecule has 0 saturated heterocycles. The van der Waals surface area contributed by atoms with Gasteiger partial charge in [-0.2, -0.15) is 0 Å². The van der Waals surface area contributed by atoms with Crippen molar-refractivity contribution in [2.75, 3.05) is 5.32 Å². The zero-order valence-electron chi connectivity index (χ0n) is 14.9. The highest BCUT2D eigenvalue weighted by Gasteiger charge is 2.30. The number of hydrazine groups is 1. The number of amides is 2. The molecule has 2 heterocycles. The van der Waals surface area contributed by atoms with Crippen LogP contribution in [0.25, 0.3) is 0 Å². The molecule has 12 heteroatoms. The van der Waals surface area contributed by atoms with Gasteiger partial charge in [0, 0.05) is 18.5 Å². The second kappa shape index (κ2) is 9.46. The van der Waals surface area contributed by atoms with Crippen LogP contribution in [-0.2, 0) is 16.0 Å². The Balaban J connectivity index is 1.47. The average Bonchev–Trinajstić information content (AvgIpc) is 3.30. The van der Waals surface area contributed by atoms with E-state index in [1.165, 1.54) is 17.7 Å². The summed E-state index contributed by atoms with van der Waals surface area (Å²) in [6, 6.07) is 1.69. The Kier molecular flexibility index (Phi) is 6.76. The Morgan fingerprint density at radius 1 is 1.25 bits per heavy atom. The van der Waals surface area contributed by atoms with Gasteiger partial charge in [0.1, 0.15) is 11.3 Å². The van der Waals surface area contributed by atoms with E-state index in [9.17, 15) is 9.59 Å². The number of carbonyl (C=O) groups excluding carboxylic acids is 2. The minimum absolute atomic E-state index is 0.0285. The molecule has 5 N–H and O–H groups in total. The van der Waals surface area contributed by atoms with Crippen molar-refractivity contribution in [1.29, 1.82) is 0 Å². The summed E-state index contributed by atoms with van der Waals surface area (Å²) in [5.74, 6) is 0.158. The molecule has 0 radical (unpaired) electrons. The van der Waals surface area contributed by atoms with E-state index >= 15 is 0 Å². The third-order valence-corrected chi connectivity index (χ3v) is 5.46. The van der Waals surface area contributed by atoms with E-state index in [0.29, 0.717) is 17.2 Å². The maximum absolute atomic E-state index is 12.1. The first-order valence-corrected chi connectivity index (χ1v) is 9.94. The van der Waals surface area contributed by atoms with Crippen molar-refractivity contribution in [2.45, 2.75) is 38.0 Å². The zero-order valence-corrected chi connectivity index (χ0v) is 16.6. The molecule has 0 unspecified atom stereocenters. The third-order valence-electron chi connectivity index (χ3n) is 4.36. The maximum atomic E-state index is 12.1. The molecular formula is C16H20N8O2S2. The zero-order chi connectivity index (χ0) is 19.9. The molecule has 1 aliphatic carbocycles. The molecule has 1 fully saturated rings. The summed E-state index contributed by atoms with van der Waals surface area (Å²) in [4.78, 5) is 31.8. The van der Waals surface area contributed by atoms with Crippen LogP contribution in [0.2, 0.25) is 0 Å². The Hall–Kier alpha value is -2.73.